The molecule has 0 bridgehead atoms. The molecule has 0 radical (unpaired) electrons. The molecule has 4 nitrogen and oxygen atoms in total. The predicted octanol–water partition coefficient (Wildman–Crippen LogP) is 5.61. The summed E-state index contributed by atoms with van der Waals surface area (Å²) in [5, 5.41) is 2.89. The minimum atomic E-state index is -4.85. The molecule has 1 N–H and O–H groups in total. The highest BCUT2D eigenvalue weighted by atomic mass is 35.5. The van der Waals surface area contributed by atoms with E-state index < -0.39 is 29.9 Å². The minimum Gasteiger partial charge on any atom is -0.338 e. The van der Waals surface area contributed by atoms with Crippen LogP contribution in [0.3, 0.4) is 0 Å². The number of hydrogen-bond donors (Lipinski definition) is 1. The van der Waals surface area contributed by atoms with Crippen LogP contribution in [0, 0.1) is 11.7 Å². The Morgan fingerprint density at radius 3 is 2.56 bits per heavy atom. The lowest BCUT2D eigenvalue weighted by molar-refractivity contribution is -0.140. The van der Waals surface area contributed by atoms with Gasteiger partial charge in [-0.3, -0.25) is 9.59 Å². The second-order valence-corrected chi connectivity index (χ2v) is 8.63. The van der Waals surface area contributed by atoms with E-state index in [1.807, 2.05) is 13.8 Å². The zero-order chi connectivity index (χ0) is 23.6. The molecule has 0 saturated heterocycles. The molecule has 2 amide bonds. The molecule has 0 fully saturated rings. The Balaban J connectivity index is 1.78. The summed E-state index contributed by atoms with van der Waals surface area (Å²) in [6, 6.07) is 6.22. The highest BCUT2D eigenvalue weighted by Gasteiger charge is 2.35. The Labute approximate surface area is 188 Å². The van der Waals surface area contributed by atoms with Crippen LogP contribution in [0.15, 0.2) is 30.3 Å². The van der Waals surface area contributed by atoms with Crippen molar-refractivity contribution in [2.45, 2.75) is 45.8 Å². The Morgan fingerprint density at radius 1 is 1.19 bits per heavy atom. The first kappa shape index (κ1) is 24.0. The number of anilines is 1. The number of amides is 2. The second kappa shape index (κ2) is 9.48. The quantitative estimate of drug-likeness (QED) is 0.577. The third-order valence-electron chi connectivity index (χ3n) is 5.29. The van der Waals surface area contributed by atoms with Crippen LogP contribution in [0.5, 0.6) is 0 Å². The van der Waals surface area contributed by atoms with Gasteiger partial charge in [-0.25, -0.2) is 4.39 Å². The van der Waals surface area contributed by atoms with Crippen molar-refractivity contribution in [1.82, 2.24) is 4.90 Å². The van der Waals surface area contributed by atoms with Gasteiger partial charge in [0.25, 0.3) is 0 Å². The van der Waals surface area contributed by atoms with Crippen LogP contribution in [0.2, 0.25) is 5.02 Å². The number of rotatable bonds is 5. The van der Waals surface area contributed by atoms with Gasteiger partial charge in [0.1, 0.15) is 5.82 Å². The van der Waals surface area contributed by atoms with Crippen LogP contribution in [-0.4, -0.2) is 23.3 Å². The molecule has 1 aliphatic heterocycles. The number of hydrogen-bond acceptors (Lipinski definition) is 2. The summed E-state index contributed by atoms with van der Waals surface area (Å²) < 4.78 is 53.0. The fourth-order valence-electron chi connectivity index (χ4n) is 3.75. The zero-order valence-corrected chi connectivity index (χ0v) is 18.4. The standard InChI is InChI=1S/C23H23ClF4N2O2/c1-13(2)10-20(32)30-9-8-16-15(12-30)6-7-18(24)22(16)29-19(31)11-14-4-3-5-17(21(14)25)23(26,27)28/h3-7,13H,8-12H2,1-2H3,(H,29,31). The fourth-order valence-corrected chi connectivity index (χ4v) is 3.97. The van der Waals surface area contributed by atoms with Gasteiger partial charge < -0.3 is 10.2 Å². The third kappa shape index (κ3) is 5.41. The van der Waals surface area contributed by atoms with E-state index in [9.17, 15) is 27.2 Å². The summed E-state index contributed by atoms with van der Waals surface area (Å²) in [4.78, 5) is 26.7. The van der Waals surface area contributed by atoms with Gasteiger partial charge in [-0.05, 0) is 41.2 Å². The van der Waals surface area contributed by atoms with Gasteiger partial charge in [-0.15, -0.1) is 0 Å². The third-order valence-corrected chi connectivity index (χ3v) is 5.60. The van der Waals surface area contributed by atoms with Crippen molar-refractivity contribution in [1.29, 1.82) is 0 Å². The Kier molecular flexibility index (Phi) is 7.12. The van der Waals surface area contributed by atoms with Crippen LogP contribution in [-0.2, 0) is 35.2 Å². The molecule has 0 atom stereocenters. The smallest absolute Gasteiger partial charge is 0.338 e. The molecule has 0 saturated carbocycles. The lowest BCUT2D eigenvalue weighted by Gasteiger charge is -2.31. The van der Waals surface area contributed by atoms with Gasteiger partial charge in [0, 0.05) is 19.5 Å². The van der Waals surface area contributed by atoms with Crippen molar-refractivity contribution in [3.63, 3.8) is 0 Å². The highest BCUT2D eigenvalue weighted by Crippen LogP contribution is 2.34. The van der Waals surface area contributed by atoms with E-state index in [0.29, 0.717) is 37.7 Å². The molecular weight excluding hydrogens is 448 g/mol. The van der Waals surface area contributed by atoms with Gasteiger partial charge in [-0.1, -0.05) is 43.6 Å². The van der Waals surface area contributed by atoms with Crippen molar-refractivity contribution in [3.8, 4) is 0 Å². The normalized spacial score (nSPS) is 13.8. The van der Waals surface area contributed by atoms with Gasteiger partial charge >= 0.3 is 6.18 Å². The number of carbonyl (C=O) groups excluding carboxylic acids is 2. The van der Waals surface area contributed by atoms with Crippen molar-refractivity contribution in [3.05, 3.63) is 63.4 Å². The molecule has 1 aliphatic rings. The first-order valence-corrected chi connectivity index (χ1v) is 10.6. The maximum absolute atomic E-state index is 14.3. The lowest BCUT2D eigenvalue weighted by atomic mass is 9.96. The molecule has 0 aromatic heterocycles. The molecule has 1 heterocycles. The van der Waals surface area contributed by atoms with E-state index in [2.05, 4.69) is 5.32 Å². The molecule has 3 rings (SSSR count). The number of benzene rings is 2. The zero-order valence-electron chi connectivity index (χ0n) is 17.7. The first-order chi connectivity index (χ1) is 15.0. The SMILES string of the molecule is CC(C)CC(=O)N1CCc2c(ccc(Cl)c2NC(=O)Cc2cccc(C(F)(F)F)c2F)C1. The van der Waals surface area contributed by atoms with E-state index in [1.165, 1.54) is 0 Å². The van der Waals surface area contributed by atoms with Crippen LogP contribution in [0.25, 0.3) is 0 Å². The van der Waals surface area contributed by atoms with Gasteiger partial charge in [0.15, 0.2) is 0 Å². The Hall–Kier alpha value is -2.61. The summed E-state index contributed by atoms with van der Waals surface area (Å²) in [5.41, 5.74) is 0.174. The fraction of sp³-hybridized carbons (Fsp3) is 0.391. The van der Waals surface area contributed by atoms with Crippen LogP contribution >= 0.6 is 11.6 Å². The van der Waals surface area contributed by atoms with Crippen molar-refractivity contribution in [2.24, 2.45) is 5.92 Å². The number of fused-ring (bicyclic) bond motifs is 1. The average molecular weight is 471 g/mol. The molecule has 0 unspecified atom stereocenters. The Morgan fingerprint density at radius 2 is 1.91 bits per heavy atom. The summed E-state index contributed by atoms with van der Waals surface area (Å²) in [7, 11) is 0. The number of carbonyl (C=O) groups is 2. The molecule has 2 aromatic rings. The van der Waals surface area contributed by atoms with E-state index in [4.69, 9.17) is 11.6 Å². The average Bonchev–Trinajstić information content (AvgIpc) is 2.70. The van der Waals surface area contributed by atoms with E-state index >= 15 is 0 Å². The summed E-state index contributed by atoms with van der Waals surface area (Å²) in [6.07, 6.45) is -4.52. The largest absolute Gasteiger partial charge is 0.419 e. The van der Waals surface area contributed by atoms with E-state index in [-0.39, 0.29) is 22.4 Å². The topological polar surface area (TPSA) is 49.4 Å². The highest BCUT2D eigenvalue weighted by molar-refractivity contribution is 6.34. The summed E-state index contributed by atoms with van der Waals surface area (Å²) >= 11 is 6.27. The van der Waals surface area contributed by atoms with Crippen LogP contribution in [0.1, 0.15) is 42.5 Å². The molecule has 2 aromatic carbocycles. The van der Waals surface area contributed by atoms with Crippen molar-refractivity contribution < 1.29 is 27.2 Å². The maximum atomic E-state index is 14.3. The van der Waals surface area contributed by atoms with Gasteiger partial charge in [0.05, 0.1) is 22.7 Å². The Bertz CT molecular complexity index is 1040. The van der Waals surface area contributed by atoms with E-state index in [1.54, 1.807) is 17.0 Å². The molecule has 9 heteroatoms. The summed E-state index contributed by atoms with van der Waals surface area (Å²) in [6.45, 7) is 4.78. The first-order valence-electron chi connectivity index (χ1n) is 10.2. The van der Waals surface area contributed by atoms with Crippen molar-refractivity contribution in [2.75, 3.05) is 11.9 Å². The molecular formula is C23H23ClF4N2O2. The molecule has 0 aliphatic carbocycles. The second-order valence-electron chi connectivity index (χ2n) is 8.22. The minimum absolute atomic E-state index is 0.0474. The molecule has 172 valence electrons. The summed E-state index contributed by atoms with van der Waals surface area (Å²) in [5.74, 6) is -1.86. The predicted molar refractivity (Wildman–Crippen MR) is 114 cm³/mol. The van der Waals surface area contributed by atoms with Crippen LogP contribution in [0.4, 0.5) is 23.2 Å². The number of nitrogens with one attached hydrogen (secondary N) is 1. The number of alkyl halides is 3. The van der Waals surface area contributed by atoms with Crippen molar-refractivity contribution >= 4 is 29.1 Å². The lowest BCUT2D eigenvalue weighted by Crippen LogP contribution is -2.37. The van der Waals surface area contributed by atoms with Gasteiger partial charge in [0.2, 0.25) is 11.8 Å². The molecule has 32 heavy (non-hydrogen) atoms. The number of nitrogens with zero attached hydrogens (tertiary/aromatic N) is 1. The molecule has 0 spiro atoms. The van der Waals surface area contributed by atoms with Crippen LogP contribution < -0.4 is 5.32 Å². The number of halogens is 5. The monoisotopic (exact) mass is 470 g/mol. The van der Waals surface area contributed by atoms with E-state index in [0.717, 1.165) is 23.3 Å². The van der Waals surface area contributed by atoms with Gasteiger partial charge in [-0.2, -0.15) is 13.2 Å². The maximum Gasteiger partial charge on any atom is 0.419 e.